The number of hydrogen-bond acceptors (Lipinski definition) is 8. The van der Waals surface area contributed by atoms with Crippen molar-refractivity contribution in [1.29, 1.82) is 0 Å². The van der Waals surface area contributed by atoms with Gasteiger partial charge in [-0.25, -0.2) is 4.98 Å². The third-order valence-electron chi connectivity index (χ3n) is 4.80. The van der Waals surface area contributed by atoms with Crippen LogP contribution in [-0.4, -0.2) is 78.5 Å². The van der Waals surface area contributed by atoms with Crippen molar-refractivity contribution < 1.29 is 9.53 Å². The van der Waals surface area contributed by atoms with Gasteiger partial charge in [-0.1, -0.05) is 0 Å². The lowest BCUT2D eigenvalue weighted by Crippen LogP contribution is -2.49. The fourth-order valence-electron chi connectivity index (χ4n) is 3.24. The van der Waals surface area contributed by atoms with Crippen LogP contribution in [0.2, 0.25) is 0 Å². The van der Waals surface area contributed by atoms with Gasteiger partial charge in [-0.2, -0.15) is 0 Å². The Balaban J connectivity index is 1.35. The van der Waals surface area contributed by atoms with Crippen LogP contribution in [0.25, 0.3) is 0 Å². The summed E-state index contributed by atoms with van der Waals surface area (Å²) in [5.74, 6) is 1.84. The number of hydrogen-bond donors (Lipinski definition) is 0. The molecule has 2 fully saturated rings. The van der Waals surface area contributed by atoms with E-state index in [0.717, 1.165) is 61.6 Å². The van der Waals surface area contributed by atoms with E-state index in [9.17, 15) is 4.79 Å². The molecule has 0 aliphatic carbocycles. The first-order valence-electron chi connectivity index (χ1n) is 8.83. The van der Waals surface area contributed by atoms with Gasteiger partial charge in [-0.05, 0) is 19.1 Å². The number of anilines is 2. The number of rotatable bonds is 3. The second-order valence-corrected chi connectivity index (χ2v) is 7.25. The van der Waals surface area contributed by atoms with Crippen molar-refractivity contribution in [3.8, 4) is 0 Å². The molecule has 4 rings (SSSR count). The molecule has 2 aromatic heterocycles. The molecule has 2 saturated heterocycles. The average Bonchev–Trinajstić information content (AvgIpc) is 3.14. The lowest BCUT2D eigenvalue weighted by Gasteiger charge is -2.35. The van der Waals surface area contributed by atoms with Crippen LogP contribution in [0.3, 0.4) is 0 Å². The molecule has 26 heavy (non-hydrogen) atoms. The van der Waals surface area contributed by atoms with Gasteiger partial charge >= 0.3 is 0 Å². The molecule has 0 N–H and O–H groups in total. The lowest BCUT2D eigenvalue weighted by atomic mass is 10.2. The molecule has 2 aromatic rings. The Hall–Kier alpha value is -2.26. The van der Waals surface area contributed by atoms with E-state index in [2.05, 4.69) is 25.0 Å². The van der Waals surface area contributed by atoms with Gasteiger partial charge in [-0.3, -0.25) is 4.79 Å². The molecule has 0 bridgehead atoms. The van der Waals surface area contributed by atoms with Crippen LogP contribution in [0.15, 0.2) is 17.6 Å². The zero-order valence-corrected chi connectivity index (χ0v) is 15.6. The van der Waals surface area contributed by atoms with Crippen LogP contribution in [0.1, 0.15) is 15.4 Å². The Morgan fingerprint density at radius 1 is 1.00 bits per heavy atom. The predicted molar refractivity (Wildman–Crippen MR) is 100 cm³/mol. The number of carbonyl (C=O) groups is 1. The molecule has 0 spiro atoms. The highest BCUT2D eigenvalue weighted by Gasteiger charge is 2.25. The highest BCUT2D eigenvalue weighted by Crippen LogP contribution is 2.20. The molecule has 0 saturated carbocycles. The van der Waals surface area contributed by atoms with Crippen LogP contribution < -0.4 is 9.80 Å². The van der Waals surface area contributed by atoms with E-state index in [-0.39, 0.29) is 5.91 Å². The van der Waals surface area contributed by atoms with Crippen LogP contribution >= 0.6 is 11.3 Å². The van der Waals surface area contributed by atoms with Crippen LogP contribution in [0.5, 0.6) is 0 Å². The van der Waals surface area contributed by atoms with Crippen molar-refractivity contribution in [3.63, 3.8) is 0 Å². The molecule has 1 amide bonds. The van der Waals surface area contributed by atoms with Gasteiger partial charge in [0.15, 0.2) is 11.6 Å². The minimum atomic E-state index is 0.0819. The first-order valence-corrected chi connectivity index (χ1v) is 9.71. The van der Waals surface area contributed by atoms with E-state index in [1.165, 1.54) is 11.3 Å². The van der Waals surface area contributed by atoms with Crippen molar-refractivity contribution in [2.24, 2.45) is 0 Å². The quantitative estimate of drug-likeness (QED) is 0.795. The summed E-state index contributed by atoms with van der Waals surface area (Å²) in [6, 6.07) is 4.04. The van der Waals surface area contributed by atoms with Crippen LogP contribution in [0, 0.1) is 6.92 Å². The summed E-state index contributed by atoms with van der Waals surface area (Å²) in [6.07, 6.45) is 0. The van der Waals surface area contributed by atoms with Crippen molar-refractivity contribution in [2.45, 2.75) is 6.92 Å². The molecule has 4 heterocycles. The van der Waals surface area contributed by atoms with E-state index in [4.69, 9.17) is 4.74 Å². The summed E-state index contributed by atoms with van der Waals surface area (Å²) in [5.41, 5.74) is 2.54. The van der Waals surface area contributed by atoms with Crippen molar-refractivity contribution in [3.05, 3.63) is 28.2 Å². The number of aryl methyl sites for hydroxylation is 1. The number of carbonyl (C=O) groups excluding carboxylic acids is 1. The maximum Gasteiger partial charge on any atom is 0.265 e. The topological polar surface area (TPSA) is 74.7 Å². The van der Waals surface area contributed by atoms with E-state index in [0.29, 0.717) is 13.1 Å². The highest BCUT2D eigenvalue weighted by molar-refractivity contribution is 7.11. The van der Waals surface area contributed by atoms with Crippen LogP contribution in [-0.2, 0) is 4.74 Å². The number of aromatic nitrogens is 3. The summed E-state index contributed by atoms with van der Waals surface area (Å²) in [6.45, 7) is 7.94. The van der Waals surface area contributed by atoms with Crippen molar-refractivity contribution >= 4 is 28.9 Å². The molecule has 2 aliphatic heterocycles. The fraction of sp³-hybridized carbons (Fsp3) is 0.529. The fourth-order valence-corrected chi connectivity index (χ4v) is 4.01. The molecular weight excluding hydrogens is 352 g/mol. The molecule has 0 radical (unpaired) electrons. The van der Waals surface area contributed by atoms with Crippen molar-refractivity contribution in [2.75, 3.05) is 62.3 Å². The molecular formula is C17H22N6O2S. The van der Waals surface area contributed by atoms with Gasteiger partial charge in [0.2, 0.25) is 0 Å². The highest BCUT2D eigenvalue weighted by atomic mass is 32.1. The lowest BCUT2D eigenvalue weighted by molar-refractivity contribution is 0.0750. The van der Waals surface area contributed by atoms with Gasteiger partial charge in [0.25, 0.3) is 5.91 Å². The number of thiazole rings is 1. The molecule has 0 unspecified atom stereocenters. The van der Waals surface area contributed by atoms with Gasteiger partial charge in [-0.15, -0.1) is 21.5 Å². The Morgan fingerprint density at radius 2 is 1.62 bits per heavy atom. The predicted octanol–water partition coefficient (Wildman–Crippen LogP) is 1.04. The summed E-state index contributed by atoms with van der Waals surface area (Å²) in [7, 11) is 0. The first-order chi connectivity index (χ1) is 12.7. The zero-order valence-electron chi connectivity index (χ0n) is 14.8. The summed E-state index contributed by atoms with van der Waals surface area (Å²) in [4.78, 5) is 23.8. The summed E-state index contributed by atoms with van der Waals surface area (Å²) < 4.78 is 5.37. The third kappa shape index (κ3) is 3.49. The minimum Gasteiger partial charge on any atom is -0.378 e. The summed E-state index contributed by atoms with van der Waals surface area (Å²) in [5, 5.41) is 8.77. The molecule has 8 nitrogen and oxygen atoms in total. The Morgan fingerprint density at radius 3 is 2.15 bits per heavy atom. The SMILES string of the molecule is Cc1ncsc1C(=O)N1CCN(c2ccc(N3CCOCC3)nn2)CC1. The second-order valence-electron chi connectivity index (χ2n) is 6.40. The monoisotopic (exact) mass is 374 g/mol. The van der Waals surface area contributed by atoms with Gasteiger partial charge in [0.05, 0.1) is 24.4 Å². The standard InChI is InChI=1S/C17H22N6O2S/c1-13-16(26-12-18-13)17(24)23-6-4-21(5-7-23)14-2-3-15(20-19-14)22-8-10-25-11-9-22/h2-3,12H,4-11H2,1H3. The average molecular weight is 374 g/mol. The molecule has 2 aliphatic rings. The maximum atomic E-state index is 12.6. The number of nitrogens with zero attached hydrogens (tertiary/aromatic N) is 6. The third-order valence-corrected chi connectivity index (χ3v) is 5.72. The zero-order chi connectivity index (χ0) is 17.9. The smallest absolute Gasteiger partial charge is 0.265 e. The van der Waals surface area contributed by atoms with Gasteiger partial charge in [0.1, 0.15) is 4.88 Å². The second kappa shape index (κ2) is 7.55. The van der Waals surface area contributed by atoms with Gasteiger partial charge < -0.3 is 19.4 Å². The molecule has 0 aromatic carbocycles. The number of ether oxygens (including phenoxy) is 1. The Labute approximate surface area is 156 Å². The van der Waals surface area contributed by atoms with Crippen LogP contribution in [0.4, 0.5) is 11.6 Å². The Bertz CT molecular complexity index is 751. The Kier molecular flexibility index (Phi) is 4.98. The summed E-state index contributed by atoms with van der Waals surface area (Å²) >= 11 is 1.41. The van der Waals surface area contributed by atoms with E-state index < -0.39 is 0 Å². The number of morpholine rings is 1. The van der Waals surface area contributed by atoms with E-state index in [1.54, 1.807) is 5.51 Å². The number of piperazine rings is 1. The van der Waals surface area contributed by atoms with E-state index in [1.807, 2.05) is 24.0 Å². The minimum absolute atomic E-state index is 0.0819. The maximum absolute atomic E-state index is 12.6. The number of amides is 1. The van der Waals surface area contributed by atoms with Gasteiger partial charge in [0, 0.05) is 39.3 Å². The molecule has 0 atom stereocenters. The molecule has 138 valence electrons. The van der Waals surface area contributed by atoms with Crippen molar-refractivity contribution in [1.82, 2.24) is 20.1 Å². The normalized spacial score (nSPS) is 18.3. The molecule has 9 heteroatoms. The first kappa shape index (κ1) is 17.2. The largest absolute Gasteiger partial charge is 0.378 e. The van der Waals surface area contributed by atoms with E-state index >= 15 is 0 Å².